The van der Waals surface area contributed by atoms with Gasteiger partial charge >= 0.3 is 0 Å². The van der Waals surface area contributed by atoms with Gasteiger partial charge in [0.25, 0.3) is 5.69 Å². The average Bonchev–Trinajstić information content (AvgIpc) is 2.38. The number of nitrogens with zero attached hydrogens (tertiary/aromatic N) is 1. The number of halogens is 1. The number of nitro benzene ring substituents is 1. The zero-order valence-corrected chi connectivity index (χ0v) is 13.1. The minimum absolute atomic E-state index is 0.0731. The van der Waals surface area contributed by atoms with Crippen molar-refractivity contribution in [3.63, 3.8) is 0 Å². The van der Waals surface area contributed by atoms with Gasteiger partial charge in [-0.3, -0.25) is 14.8 Å². The van der Waals surface area contributed by atoms with E-state index in [-0.39, 0.29) is 11.4 Å². The van der Waals surface area contributed by atoms with E-state index >= 15 is 0 Å². The van der Waals surface area contributed by atoms with Gasteiger partial charge in [0.15, 0.2) is 0 Å². The van der Waals surface area contributed by atoms with Crippen LogP contribution in [0.1, 0.15) is 5.56 Å². The molecule has 2 rings (SSSR count). The molecule has 0 atom stereocenters. The smallest absolute Gasteiger partial charge is 0.269 e. The van der Waals surface area contributed by atoms with Crippen LogP contribution in [0.5, 0.6) is 0 Å². The molecule has 0 aliphatic heterocycles. The van der Waals surface area contributed by atoms with Crippen molar-refractivity contribution in [3.05, 3.63) is 68.7 Å². The van der Waals surface area contributed by atoms with Gasteiger partial charge in [-0.2, -0.15) is 0 Å². The number of hydrogen-bond acceptors (Lipinski definition) is 4. The molecule has 0 fully saturated rings. The SMILES string of the molecule is O=[N+]([O-])c1ccc(CS(=O)(=O)Nc2cccc(Br)c2)cc1. The summed E-state index contributed by atoms with van der Waals surface area (Å²) < 4.78 is 27.3. The molecule has 0 bridgehead atoms. The van der Waals surface area contributed by atoms with Crippen LogP contribution in [0.2, 0.25) is 0 Å². The van der Waals surface area contributed by atoms with Crippen molar-refractivity contribution in [1.29, 1.82) is 0 Å². The number of benzene rings is 2. The molecule has 0 spiro atoms. The Morgan fingerprint density at radius 1 is 1.14 bits per heavy atom. The highest BCUT2D eigenvalue weighted by Crippen LogP contribution is 2.19. The maximum absolute atomic E-state index is 12.0. The van der Waals surface area contributed by atoms with Crippen molar-refractivity contribution >= 4 is 37.3 Å². The van der Waals surface area contributed by atoms with Crippen molar-refractivity contribution in [2.75, 3.05) is 4.72 Å². The second-order valence-electron chi connectivity index (χ2n) is 4.30. The minimum atomic E-state index is -3.58. The van der Waals surface area contributed by atoms with Gasteiger partial charge in [0.2, 0.25) is 10.0 Å². The van der Waals surface area contributed by atoms with E-state index in [0.717, 1.165) is 4.47 Å². The Balaban J connectivity index is 2.12. The summed E-state index contributed by atoms with van der Waals surface area (Å²) in [7, 11) is -3.58. The predicted octanol–water partition coefficient (Wildman–Crippen LogP) is 3.30. The number of rotatable bonds is 5. The summed E-state index contributed by atoms with van der Waals surface area (Å²) in [6.45, 7) is 0. The topological polar surface area (TPSA) is 89.3 Å². The van der Waals surface area contributed by atoms with Crippen LogP contribution >= 0.6 is 15.9 Å². The second-order valence-corrected chi connectivity index (χ2v) is 6.93. The summed E-state index contributed by atoms with van der Waals surface area (Å²) in [4.78, 5) is 10.0. The predicted molar refractivity (Wildman–Crippen MR) is 83.5 cm³/mol. The normalized spacial score (nSPS) is 11.1. The summed E-state index contributed by atoms with van der Waals surface area (Å²) >= 11 is 3.26. The van der Waals surface area contributed by atoms with Crippen LogP contribution in [-0.2, 0) is 15.8 Å². The number of hydrogen-bond donors (Lipinski definition) is 1. The van der Waals surface area contributed by atoms with Crippen LogP contribution in [0.3, 0.4) is 0 Å². The summed E-state index contributed by atoms with van der Waals surface area (Å²) in [6.07, 6.45) is 0. The lowest BCUT2D eigenvalue weighted by Gasteiger charge is -2.08. The molecular weight excluding hydrogens is 360 g/mol. The molecule has 1 N–H and O–H groups in total. The van der Waals surface area contributed by atoms with E-state index < -0.39 is 14.9 Å². The molecule has 0 unspecified atom stereocenters. The number of nitro groups is 1. The molecule has 0 aromatic heterocycles. The Kier molecular flexibility index (Phi) is 4.59. The molecule has 0 saturated carbocycles. The van der Waals surface area contributed by atoms with Gasteiger partial charge in [-0.25, -0.2) is 8.42 Å². The van der Waals surface area contributed by atoms with Gasteiger partial charge in [-0.1, -0.05) is 34.1 Å². The first-order chi connectivity index (χ1) is 9.85. The van der Waals surface area contributed by atoms with Crippen LogP contribution in [0.25, 0.3) is 0 Å². The molecule has 2 aromatic rings. The first-order valence-corrected chi connectivity index (χ1v) is 8.30. The Hall–Kier alpha value is -1.93. The van der Waals surface area contributed by atoms with Crippen LogP contribution in [0.4, 0.5) is 11.4 Å². The van der Waals surface area contributed by atoms with Gasteiger partial charge in [0.05, 0.1) is 10.7 Å². The van der Waals surface area contributed by atoms with Gasteiger partial charge < -0.3 is 0 Å². The zero-order valence-electron chi connectivity index (χ0n) is 10.7. The molecule has 0 amide bonds. The largest absolute Gasteiger partial charge is 0.283 e. The zero-order chi connectivity index (χ0) is 15.5. The highest BCUT2D eigenvalue weighted by Gasteiger charge is 2.13. The van der Waals surface area contributed by atoms with Crippen LogP contribution in [0, 0.1) is 10.1 Å². The minimum Gasteiger partial charge on any atom is -0.283 e. The Morgan fingerprint density at radius 3 is 2.38 bits per heavy atom. The third-order valence-corrected chi connectivity index (χ3v) is 4.36. The van der Waals surface area contributed by atoms with Gasteiger partial charge in [0, 0.05) is 22.3 Å². The van der Waals surface area contributed by atoms with E-state index in [1.807, 2.05) is 0 Å². The lowest BCUT2D eigenvalue weighted by molar-refractivity contribution is -0.384. The first kappa shape index (κ1) is 15.5. The maximum atomic E-state index is 12.0. The van der Waals surface area contributed by atoms with E-state index in [2.05, 4.69) is 20.7 Å². The molecule has 2 aromatic carbocycles. The first-order valence-electron chi connectivity index (χ1n) is 5.85. The maximum Gasteiger partial charge on any atom is 0.269 e. The molecule has 0 aliphatic carbocycles. The standard InChI is InChI=1S/C13H11BrN2O4S/c14-11-2-1-3-12(8-11)15-21(19,20)9-10-4-6-13(7-5-10)16(17)18/h1-8,15H,9H2. The molecule has 110 valence electrons. The molecule has 0 heterocycles. The third-order valence-electron chi connectivity index (χ3n) is 2.60. The highest BCUT2D eigenvalue weighted by molar-refractivity contribution is 9.10. The van der Waals surface area contributed by atoms with Gasteiger partial charge in [-0.15, -0.1) is 0 Å². The molecule has 0 aliphatic rings. The number of nitrogens with one attached hydrogen (secondary N) is 1. The van der Waals surface area contributed by atoms with E-state index in [1.165, 1.54) is 24.3 Å². The summed E-state index contributed by atoms with van der Waals surface area (Å²) in [5.41, 5.74) is 0.852. The van der Waals surface area contributed by atoms with Crippen LogP contribution in [0.15, 0.2) is 53.0 Å². The summed E-state index contributed by atoms with van der Waals surface area (Å²) in [5, 5.41) is 10.5. The molecule has 8 heteroatoms. The second kappa shape index (κ2) is 6.23. The van der Waals surface area contributed by atoms with Crippen molar-refractivity contribution < 1.29 is 13.3 Å². The van der Waals surface area contributed by atoms with E-state index in [9.17, 15) is 18.5 Å². The lowest BCUT2D eigenvalue weighted by Crippen LogP contribution is -2.15. The van der Waals surface area contributed by atoms with Crippen molar-refractivity contribution in [2.24, 2.45) is 0 Å². The van der Waals surface area contributed by atoms with Crippen LogP contribution < -0.4 is 4.72 Å². The molecule has 6 nitrogen and oxygen atoms in total. The lowest BCUT2D eigenvalue weighted by atomic mass is 10.2. The van der Waals surface area contributed by atoms with Crippen LogP contribution in [-0.4, -0.2) is 13.3 Å². The van der Waals surface area contributed by atoms with Gasteiger partial charge in [0.1, 0.15) is 0 Å². The van der Waals surface area contributed by atoms with Crippen molar-refractivity contribution in [2.45, 2.75) is 5.75 Å². The monoisotopic (exact) mass is 370 g/mol. The Morgan fingerprint density at radius 2 is 1.81 bits per heavy atom. The summed E-state index contributed by atoms with van der Waals surface area (Å²) in [6, 6.07) is 12.2. The van der Waals surface area contributed by atoms with Gasteiger partial charge in [-0.05, 0) is 23.8 Å². The number of non-ortho nitro benzene ring substituents is 1. The van der Waals surface area contributed by atoms with E-state index in [0.29, 0.717) is 11.3 Å². The molecule has 0 radical (unpaired) electrons. The molecule has 21 heavy (non-hydrogen) atoms. The number of sulfonamides is 1. The van der Waals surface area contributed by atoms with E-state index in [4.69, 9.17) is 0 Å². The van der Waals surface area contributed by atoms with Crippen molar-refractivity contribution in [3.8, 4) is 0 Å². The Bertz CT molecular complexity index is 760. The molecular formula is C13H11BrN2O4S. The Labute approximate surface area is 130 Å². The molecule has 0 saturated heterocycles. The van der Waals surface area contributed by atoms with Crippen molar-refractivity contribution in [1.82, 2.24) is 0 Å². The fourth-order valence-electron chi connectivity index (χ4n) is 1.70. The number of anilines is 1. The fraction of sp³-hybridized carbons (Fsp3) is 0.0769. The third kappa shape index (κ3) is 4.54. The van der Waals surface area contributed by atoms with E-state index in [1.54, 1.807) is 24.3 Å². The fourth-order valence-corrected chi connectivity index (χ4v) is 3.29. The quantitative estimate of drug-likeness (QED) is 0.645. The average molecular weight is 371 g/mol. The highest BCUT2D eigenvalue weighted by atomic mass is 79.9. The summed E-state index contributed by atoms with van der Waals surface area (Å²) in [5.74, 6) is -0.252.